The lowest BCUT2D eigenvalue weighted by Gasteiger charge is -2.43. The largest absolute Gasteiger partial charge is 0.393 e. The fourth-order valence-electron chi connectivity index (χ4n) is 2.14. The first-order valence-corrected chi connectivity index (χ1v) is 4.97. The molecule has 78 valence electrons. The molecular weight excluding hydrogens is 178 g/mol. The highest BCUT2D eigenvalue weighted by Gasteiger charge is 2.45. The van der Waals surface area contributed by atoms with Gasteiger partial charge in [-0.25, -0.2) is 0 Å². The molecule has 0 aliphatic heterocycles. The van der Waals surface area contributed by atoms with E-state index in [1.54, 1.807) is 0 Å². The quantitative estimate of drug-likeness (QED) is 0.702. The van der Waals surface area contributed by atoms with Gasteiger partial charge in [0.25, 0.3) is 0 Å². The van der Waals surface area contributed by atoms with Gasteiger partial charge in [-0.05, 0) is 25.8 Å². The lowest BCUT2D eigenvalue weighted by molar-refractivity contribution is 0.0198. The maximum atomic E-state index is 9.36. The zero-order chi connectivity index (χ0) is 10.3. The molecular formula is C10H17N3O. The van der Waals surface area contributed by atoms with Gasteiger partial charge in [-0.15, -0.1) is 0 Å². The monoisotopic (exact) mass is 195 g/mol. The van der Waals surface area contributed by atoms with Gasteiger partial charge in [0.05, 0.1) is 11.8 Å². The lowest BCUT2D eigenvalue weighted by atomic mass is 9.65. The van der Waals surface area contributed by atoms with E-state index in [0.717, 1.165) is 24.2 Å². The molecule has 1 saturated carbocycles. The maximum absolute atomic E-state index is 9.36. The summed E-state index contributed by atoms with van der Waals surface area (Å²) in [5.74, 6) is 0. The number of aromatic nitrogens is 2. The van der Waals surface area contributed by atoms with Crippen LogP contribution in [0.25, 0.3) is 0 Å². The third-order valence-corrected chi connectivity index (χ3v) is 3.30. The number of aryl methyl sites for hydroxylation is 2. The number of hydrogen-bond acceptors (Lipinski definition) is 3. The van der Waals surface area contributed by atoms with Crippen molar-refractivity contribution >= 4 is 0 Å². The number of aliphatic hydroxyl groups excluding tert-OH is 1. The zero-order valence-corrected chi connectivity index (χ0v) is 8.70. The Morgan fingerprint density at radius 1 is 1.71 bits per heavy atom. The van der Waals surface area contributed by atoms with Crippen molar-refractivity contribution in [3.8, 4) is 0 Å². The summed E-state index contributed by atoms with van der Waals surface area (Å²) < 4.78 is 1.86. The van der Waals surface area contributed by atoms with Crippen LogP contribution in [-0.2, 0) is 12.5 Å². The average molecular weight is 195 g/mol. The van der Waals surface area contributed by atoms with Gasteiger partial charge in [0.15, 0.2) is 0 Å². The molecule has 0 radical (unpaired) electrons. The van der Waals surface area contributed by atoms with Gasteiger partial charge in [-0.1, -0.05) is 0 Å². The smallest absolute Gasteiger partial charge is 0.0703 e. The Morgan fingerprint density at radius 2 is 2.36 bits per heavy atom. The number of rotatable bonds is 2. The van der Waals surface area contributed by atoms with Gasteiger partial charge in [0.1, 0.15) is 0 Å². The molecule has 4 heteroatoms. The van der Waals surface area contributed by atoms with E-state index in [-0.39, 0.29) is 11.5 Å². The van der Waals surface area contributed by atoms with Crippen molar-refractivity contribution in [1.29, 1.82) is 0 Å². The number of nitrogens with zero attached hydrogens (tertiary/aromatic N) is 2. The van der Waals surface area contributed by atoms with E-state index in [4.69, 9.17) is 5.73 Å². The van der Waals surface area contributed by atoms with Crippen molar-refractivity contribution < 1.29 is 5.11 Å². The normalized spacial score (nSPS) is 31.6. The first-order chi connectivity index (χ1) is 6.57. The van der Waals surface area contributed by atoms with Crippen LogP contribution in [0, 0.1) is 6.92 Å². The molecule has 1 aliphatic carbocycles. The summed E-state index contributed by atoms with van der Waals surface area (Å²) in [5, 5.41) is 13.8. The molecule has 14 heavy (non-hydrogen) atoms. The van der Waals surface area contributed by atoms with E-state index < -0.39 is 0 Å². The summed E-state index contributed by atoms with van der Waals surface area (Å²) in [4.78, 5) is 0. The minimum absolute atomic E-state index is 0.0641. The third kappa shape index (κ3) is 1.26. The maximum Gasteiger partial charge on any atom is 0.0703 e. The van der Waals surface area contributed by atoms with E-state index in [9.17, 15) is 5.11 Å². The van der Waals surface area contributed by atoms with E-state index >= 15 is 0 Å². The van der Waals surface area contributed by atoms with Crippen molar-refractivity contribution in [3.63, 3.8) is 0 Å². The highest BCUT2D eigenvalue weighted by molar-refractivity contribution is 5.24. The van der Waals surface area contributed by atoms with Crippen LogP contribution in [0.15, 0.2) is 6.07 Å². The summed E-state index contributed by atoms with van der Waals surface area (Å²) >= 11 is 0. The van der Waals surface area contributed by atoms with E-state index in [2.05, 4.69) is 11.2 Å². The average Bonchev–Trinajstić information content (AvgIpc) is 2.41. The minimum Gasteiger partial charge on any atom is -0.393 e. The second-order valence-corrected chi connectivity index (χ2v) is 4.34. The Kier molecular flexibility index (Phi) is 2.12. The number of hydrogen-bond donors (Lipinski definition) is 2. The molecule has 2 rings (SSSR count). The van der Waals surface area contributed by atoms with Crippen molar-refractivity contribution in [2.45, 2.75) is 31.3 Å². The van der Waals surface area contributed by atoms with Gasteiger partial charge in [0, 0.05) is 24.7 Å². The third-order valence-electron chi connectivity index (χ3n) is 3.30. The Labute approximate surface area is 83.7 Å². The molecule has 3 N–H and O–H groups in total. The van der Waals surface area contributed by atoms with Gasteiger partial charge in [0.2, 0.25) is 0 Å². The fraction of sp³-hybridized carbons (Fsp3) is 0.700. The van der Waals surface area contributed by atoms with Crippen LogP contribution in [0.4, 0.5) is 0 Å². The summed E-state index contributed by atoms with van der Waals surface area (Å²) in [6.45, 7) is 2.59. The summed E-state index contributed by atoms with van der Waals surface area (Å²) in [6.07, 6.45) is 1.31. The van der Waals surface area contributed by atoms with Gasteiger partial charge >= 0.3 is 0 Å². The van der Waals surface area contributed by atoms with E-state index in [0.29, 0.717) is 6.54 Å². The molecule has 0 aromatic carbocycles. The van der Waals surface area contributed by atoms with Crippen LogP contribution in [0.5, 0.6) is 0 Å². The Bertz CT molecular complexity index is 320. The summed E-state index contributed by atoms with van der Waals surface area (Å²) in [6, 6.07) is 2.07. The molecule has 0 unspecified atom stereocenters. The predicted octanol–water partition coefficient (Wildman–Crippen LogP) is 0.0797. The molecule has 1 aromatic heterocycles. The van der Waals surface area contributed by atoms with Crippen LogP contribution in [0.1, 0.15) is 24.2 Å². The topological polar surface area (TPSA) is 64.1 Å². The molecule has 1 aromatic rings. The highest BCUT2D eigenvalue weighted by atomic mass is 16.3. The van der Waals surface area contributed by atoms with Crippen LogP contribution in [0.2, 0.25) is 0 Å². The number of nitrogens with two attached hydrogens (primary N) is 1. The van der Waals surface area contributed by atoms with E-state index in [1.807, 2.05) is 18.7 Å². The zero-order valence-electron chi connectivity index (χ0n) is 8.70. The standard InChI is InChI=1S/C10H17N3O/c1-7-3-9(12-13(7)2)10(6-11)4-8(14)5-10/h3,8,14H,4-6,11H2,1-2H3. The van der Waals surface area contributed by atoms with Crippen LogP contribution >= 0.6 is 0 Å². The van der Waals surface area contributed by atoms with Crippen molar-refractivity contribution in [2.24, 2.45) is 12.8 Å². The molecule has 0 bridgehead atoms. The highest BCUT2D eigenvalue weighted by Crippen LogP contribution is 2.42. The fourth-order valence-corrected chi connectivity index (χ4v) is 2.14. The molecule has 0 amide bonds. The molecule has 1 fully saturated rings. The molecule has 1 aliphatic rings. The van der Waals surface area contributed by atoms with Crippen molar-refractivity contribution in [3.05, 3.63) is 17.5 Å². The minimum atomic E-state index is -0.194. The second-order valence-electron chi connectivity index (χ2n) is 4.34. The predicted molar refractivity (Wildman–Crippen MR) is 53.9 cm³/mol. The summed E-state index contributed by atoms with van der Waals surface area (Å²) in [7, 11) is 1.93. The molecule has 0 atom stereocenters. The van der Waals surface area contributed by atoms with Crippen LogP contribution in [0.3, 0.4) is 0 Å². The van der Waals surface area contributed by atoms with Gasteiger partial charge in [-0.2, -0.15) is 5.10 Å². The SMILES string of the molecule is Cc1cc(C2(CN)CC(O)C2)nn1C. The van der Waals surface area contributed by atoms with Crippen molar-refractivity contribution in [1.82, 2.24) is 9.78 Å². The van der Waals surface area contributed by atoms with Crippen molar-refractivity contribution in [2.75, 3.05) is 6.54 Å². The molecule has 0 spiro atoms. The Hall–Kier alpha value is -0.870. The molecule has 1 heterocycles. The van der Waals surface area contributed by atoms with Gasteiger partial charge in [-0.3, -0.25) is 4.68 Å². The first-order valence-electron chi connectivity index (χ1n) is 4.97. The lowest BCUT2D eigenvalue weighted by Crippen LogP contribution is -2.50. The number of aliphatic hydroxyl groups is 1. The Balaban J connectivity index is 2.29. The second kappa shape index (κ2) is 3.07. The Morgan fingerprint density at radius 3 is 2.71 bits per heavy atom. The van der Waals surface area contributed by atoms with Crippen LogP contribution < -0.4 is 5.73 Å². The van der Waals surface area contributed by atoms with E-state index in [1.165, 1.54) is 0 Å². The molecule has 0 saturated heterocycles. The first kappa shape index (κ1) is 9.68. The van der Waals surface area contributed by atoms with Crippen LogP contribution in [-0.4, -0.2) is 27.5 Å². The van der Waals surface area contributed by atoms with Gasteiger partial charge < -0.3 is 10.8 Å². The molecule has 4 nitrogen and oxygen atoms in total. The summed E-state index contributed by atoms with van der Waals surface area (Å²) in [5.41, 5.74) is 7.86.